The van der Waals surface area contributed by atoms with E-state index in [0.717, 1.165) is 22.2 Å². The van der Waals surface area contributed by atoms with Crippen molar-refractivity contribution in [2.45, 2.75) is 6.92 Å². The van der Waals surface area contributed by atoms with Gasteiger partial charge in [0.05, 0.1) is 11.0 Å². The molecule has 0 spiro atoms. The summed E-state index contributed by atoms with van der Waals surface area (Å²) in [7, 11) is 0. The topological polar surface area (TPSA) is 37.3 Å². The number of H-pyrrole nitrogens is 1. The fourth-order valence-electron chi connectivity index (χ4n) is 2.76. The summed E-state index contributed by atoms with van der Waals surface area (Å²) in [5, 5.41) is 0. The molecule has 4 rings (SSSR count). The van der Waals surface area contributed by atoms with Crippen LogP contribution in [0.2, 0.25) is 0 Å². The molecule has 102 valence electrons. The van der Waals surface area contributed by atoms with Crippen molar-refractivity contribution < 1.29 is 0 Å². The van der Waals surface area contributed by atoms with E-state index < -0.39 is 0 Å². The van der Waals surface area contributed by atoms with Crippen LogP contribution < -0.4 is 5.56 Å². The molecule has 0 fully saturated rings. The molecule has 0 aliphatic carbocycles. The third-order valence-corrected chi connectivity index (χ3v) is 3.82. The van der Waals surface area contributed by atoms with Crippen molar-refractivity contribution in [2.75, 3.05) is 0 Å². The molecule has 0 unspecified atom stereocenters. The van der Waals surface area contributed by atoms with Crippen LogP contribution in [0.15, 0.2) is 65.6 Å². The summed E-state index contributed by atoms with van der Waals surface area (Å²) in [6, 6.07) is 18.1. The lowest BCUT2D eigenvalue weighted by molar-refractivity contribution is 1.18. The monoisotopic (exact) mass is 274 g/mol. The number of aryl methyl sites for hydroxylation is 1. The van der Waals surface area contributed by atoms with E-state index in [9.17, 15) is 4.79 Å². The Balaban J connectivity index is 2.11. The summed E-state index contributed by atoms with van der Waals surface area (Å²) in [6.07, 6.45) is 2.03. The van der Waals surface area contributed by atoms with E-state index >= 15 is 0 Å². The van der Waals surface area contributed by atoms with Gasteiger partial charge in [0.1, 0.15) is 5.52 Å². The zero-order valence-corrected chi connectivity index (χ0v) is 11.6. The first-order valence-corrected chi connectivity index (χ1v) is 6.92. The average Bonchev–Trinajstić information content (AvgIpc) is 2.95. The van der Waals surface area contributed by atoms with Crippen LogP contribution in [-0.2, 0) is 0 Å². The van der Waals surface area contributed by atoms with Gasteiger partial charge in [0, 0.05) is 11.8 Å². The lowest BCUT2D eigenvalue weighted by atomic mass is 10.1. The molecule has 3 heteroatoms. The van der Waals surface area contributed by atoms with Crippen molar-refractivity contribution in [3.05, 3.63) is 76.7 Å². The first kappa shape index (κ1) is 12.0. The van der Waals surface area contributed by atoms with E-state index in [1.54, 1.807) is 0 Å². The smallest absolute Gasteiger partial charge is 0.272 e. The molecule has 0 saturated carbocycles. The number of rotatable bonds is 1. The molecule has 0 aliphatic heterocycles. The van der Waals surface area contributed by atoms with Crippen molar-refractivity contribution in [1.29, 1.82) is 0 Å². The molecule has 0 saturated heterocycles. The second-order valence-corrected chi connectivity index (χ2v) is 5.32. The van der Waals surface area contributed by atoms with Crippen LogP contribution in [0.3, 0.4) is 0 Å². The predicted molar refractivity (Wildman–Crippen MR) is 85.7 cm³/mol. The van der Waals surface area contributed by atoms with Crippen LogP contribution in [0.25, 0.3) is 27.7 Å². The Morgan fingerprint density at radius 2 is 1.71 bits per heavy atom. The highest BCUT2D eigenvalue weighted by Crippen LogP contribution is 2.23. The molecule has 0 amide bonds. The van der Waals surface area contributed by atoms with E-state index in [-0.39, 0.29) is 5.56 Å². The highest BCUT2D eigenvalue weighted by Gasteiger charge is 2.08. The molecule has 21 heavy (non-hydrogen) atoms. The second-order valence-electron chi connectivity index (χ2n) is 5.32. The van der Waals surface area contributed by atoms with Crippen molar-refractivity contribution in [2.24, 2.45) is 0 Å². The Kier molecular flexibility index (Phi) is 2.48. The lowest BCUT2D eigenvalue weighted by Crippen LogP contribution is -2.09. The SMILES string of the molecule is Cc1ccc2[nH]c(=O)c3cc(-c4ccccc4)cn3c2c1. The maximum atomic E-state index is 12.2. The molecule has 2 aromatic heterocycles. The number of fused-ring (bicyclic) bond motifs is 3. The summed E-state index contributed by atoms with van der Waals surface area (Å²) in [5.41, 5.74) is 5.82. The molecule has 0 radical (unpaired) electrons. The van der Waals surface area contributed by atoms with Crippen LogP contribution in [0.5, 0.6) is 0 Å². The minimum absolute atomic E-state index is 0.0615. The van der Waals surface area contributed by atoms with Gasteiger partial charge in [-0.1, -0.05) is 36.4 Å². The molecule has 3 nitrogen and oxygen atoms in total. The van der Waals surface area contributed by atoms with Crippen LogP contribution in [0.4, 0.5) is 0 Å². The van der Waals surface area contributed by atoms with Crippen molar-refractivity contribution in [3.63, 3.8) is 0 Å². The highest BCUT2D eigenvalue weighted by molar-refractivity contribution is 5.81. The van der Waals surface area contributed by atoms with E-state index in [4.69, 9.17) is 0 Å². The molecule has 0 atom stereocenters. The summed E-state index contributed by atoms with van der Waals surface area (Å²) in [5.74, 6) is 0. The average molecular weight is 274 g/mol. The molecule has 0 bridgehead atoms. The zero-order chi connectivity index (χ0) is 14.4. The number of benzene rings is 2. The van der Waals surface area contributed by atoms with E-state index in [0.29, 0.717) is 5.52 Å². The van der Waals surface area contributed by atoms with Crippen molar-refractivity contribution >= 4 is 16.6 Å². The van der Waals surface area contributed by atoms with Gasteiger partial charge in [-0.2, -0.15) is 0 Å². The summed E-state index contributed by atoms with van der Waals surface area (Å²) in [4.78, 5) is 15.2. The summed E-state index contributed by atoms with van der Waals surface area (Å²) >= 11 is 0. The first-order chi connectivity index (χ1) is 10.2. The van der Waals surface area contributed by atoms with Crippen LogP contribution in [-0.4, -0.2) is 9.38 Å². The number of aromatic nitrogens is 2. The quantitative estimate of drug-likeness (QED) is 0.564. The van der Waals surface area contributed by atoms with Gasteiger partial charge in [0.2, 0.25) is 0 Å². The Morgan fingerprint density at radius 3 is 2.52 bits per heavy atom. The number of hydrogen-bond donors (Lipinski definition) is 1. The Bertz CT molecular complexity index is 1010. The number of aromatic amines is 1. The summed E-state index contributed by atoms with van der Waals surface area (Å²) in [6.45, 7) is 2.05. The molecular weight excluding hydrogens is 260 g/mol. The van der Waals surface area contributed by atoms with Crippen molar-refractivity contribution in [1.82, 2.24) is 9.38 Å². The Hall–Kier alpha value is -2.81. The van der Waals surface area contributed by atoms with Crippen LogP contribution in [0.1, 0.15) is 5.56 Å². The largest absolute Gasteiger partial charge is 0.319 e. The first-order valence-electron chi connectivity index (χ1n) is 6.92. The van der Waals surface area contributed by atoms with E-state index in [1.807, 2.05) is 47.0 Å². The van der Waals surface area contributed by atoms with Gasteiger partial charge in [-0.3, -0.25) is 4.79 Å². The maximum Gasteiger partial charge on any atom is 0.272 e. The van der Waals surface area contributed by atoms with Crippen molar-refractivity contribution in [3.8, 4) is 11.1 Å². The third-order valence-electron chi connectivity index (χ3n) is 3.82. The van der Waals surface area contributed by atoms with Crippen LogP contribution in [0, 0.1) is 6.92 Å². The van der Waals surface area contributed by atoms with Gasteiger partial charge < -0.3 is 9.38 Å². The normalized spacial score (nSPS) is 11.3. The molecule has 0 aliphatic rings. The molecule has 1 N–H and O–H groups in total. The fraction of sp³-hybridized carbons (Fsp3) is 0.0556. The highest BCUT2D eigenvalue weighted by atomic mass is 16.1. The van der Waals surface area contributed by atoms with E-state index in [2.05, 4.69) is 30.1 Å². The molecular formula is C18H14N2O. The lowest BCUT2D eigenvalue weighted by Gasteiger charge is -2.03. The minimum Gasteiger partial charge on any atom is -0.319 e. The Morgan fingerprint density at radius 1 is 0.905 bits per heavy atom. The van der Waals surface area contributed by atoms with Gasteiger partial charge >= 0.3 is 0 Å². The Labute approximate surface area is 121 Å². The minimum atomic E-state index is -0.0615. The van der Waals surface area contributed by atoms with Gasteiger partial charge in [-0.15, -0.1) is 0 Å². The molecule has 2 aromatic carbocycles. The van der Waals surface area contributed by atoms with Gasteiger partial charge in [0.15, 0.2) is 0 Å². The van der Waals surface area contributed by atoms with Gasteiger partial charge in [-0.25, -0.2) is 0 Å². The fourth-order valence-corrected chi connectivity index (χ4v) is 2.76. The number of hydrogen-bond acceptors (Lipinski definition) is 1. The molecule has 2 heterocycles. The van der Waals surface area contributed by atoms with Gasteiger partial charge in [0.25, 0.3) is 5.56 Å². The third kappa shape index (κ3) is 1.86. The standard InChI is InChI=1S/C18H14N2O/c1-12-7-8-15-16(9-12)20-11-14(10-17(20)18(21)19-15)13-5-3-2-4-6-13/h2-11H,1H3,(H,19,21). The van der Waals surface area contributed by atoms with Crippen LogP contribution >= 0.6 is 0 Å². The summed E-state index contributed by atoms with van der Waals surface area (Å²) < 4.78 is 1.98. The predicted octanol–water partition coefficient (Wildman–Crippen LogP) is 3.76. The maximum absolute atomic E-state index is 12.2. The number of nitrogens with one attached hydrogen (secondary N) is 1. The molecule has 4 aromatic rings. The number of nitrogens with zero attached hydrogens (tertiary/aromatic N) is 1. The second kappa shape index (κ2) is 4.35. The van der Waals surface area contributed by atoms with E-state index in [1.165, 1.54) is 5.56 Å². The van der Waals surface area contributed by atoms with Gasteiger partial charge in [-0.05, 0) is 36.2 Å². The zero-order valence-electron chi connectivity index (χ0n) is 11.6.